The van der Waals surface area contributed by atoms with Gasteiger partial charge in [0.25, 0.3) is 5.91 Å². The van der Waals surface area contributed by atoms with E-state index < -0.39 is 17.8 Å². The van der Waals surface area contributed by atoms with Crippen molar-refractivity contribution in [1.82, 2.24) is 25.2 Å². The van der Waals surface area contributed by atoms with Crippen LogP contribution in [0.1, 0.15) is 18.4 Å². The molecule has 1 saturated carbocycles. The van der Waals surface area contributed by atoms with Crippen LogP contribution in [-0.4, -0.2) is 39.7 Å². The minimum Gasteiger partial charge on any atom is -0.495 e. The molecule has 1 aromatic carbocycles. The van der Waals surface area contributed by atoms with Gasteiger partial charge in [-0.15, -0.1) is 0 Å². The van der Waals surface area contributed by atoms with E-state index in [2.05, 4.69) is 31.3 Å². The van der Waals surface area contributed by atoms with E-state index in [1.807, 2.05) is 0 Å². The molecule has 3 aromatic rings. The Kier molecular flexibility index (Phi) is 4.42. The minimum absolute atomic E-state index is 0.101. The van der Waals surface area contributed by atoms with E-state index in [4.69, 9.17) is 4.74 Å². The highest BCUT2D eigenvalue weighted by molar-refractivity contribution is 6.14. The van der Waals surface area contributed by atoms with E-state index in [-0.39, 0.29) is 5.70 Å². The SMILES string of the molecule is COc1ccc(F)cc1Nc1cc(NC2CC2)n2ncc(/C=C3\NC(=O)NC3=O)c2n1. The van der Waals surface area contributed by atoms with Crippen LogP contribution in [0.3, 0.4) is 0 Å². The van der Waals surface area contributed by atoms with E-state index in [1.54, 1.807) is 16.8 Å². The van der Waals surface area contributed by atoms with Crippen molar-refractivity contribution in [3.05, 3.63) is 47.5 Å². The summed E-state index contributed by atoms with van der Waals surface area (Å²) in [5, 5.41) is 15.5. The van der Waals surface area contributed by atoms with Gasteiger partial charge >= 0.3 is 6.03 Å². The Morgan fingerprint density at radius 2 is 2.10 bits per heavy atom. The number of amides is 3. The maximum atomic E-state index is 13.8. The Hall–Kier alpha value is -4.15. The van der Waals surface area contributed by atoms with Gasteiger partial charge < -0.3 is 20.7 Å². The molecule has 3 heterocycles. The van der Waals surface area contributed by atoms with Crippen molar-refractivity contribution in [3.63, 3.8) is 0 Å². The molecule has 10 nitrogen and oxygen atoms in total. The van der Waals surface area contributed by atoms with Crippen molar-refractivity contribution >= 4 is 41.0 Å². The zero-order valence-corrected chi connectivity index (χ0v) is 16.4. The van der Waals surface area contributed by atoms with Gasteiger partial charge in [0.15, 0.2) is 5.65 Å². The molecule has 2 aromatic heterocycles. The third kappa shape index (κ3) is 3.72. The molecule has 1 saturated heterocycles. The number of aromatic nitrogens is 3. The number of nitrogens with zero attached hydrogens (tertiary/aromatic N) is 3. The Labute approximate surface area is 175 Å². The number of benzene rings is 1. The molecular weight excluding hydrogens is 405 g/mol. The van der Waals surface area contributed by atoms with E-state index >= 15 is 0 Å². The molecule has 4 N–H and O–H groups in total. The Morgan fingerprint density at radius 1 is 1.26 bits per heavy atom. The molecule has 0 radical (unpaired) electrons. The number of hydrogen-bond acceptors (Lipinski definition) is 7. The predicted molar refractivity (Wildman–Crippen MR) is 111 cm³/mol. The number of ether oxygens (including phenoxy) is 1. The summed E-state index contributed by atoms with van der Waals surface area (Å²) in [6.07, 6.45) is 5.16. The number of urea groups is 1. The summed E-state index contributed by atoms with van der Waals surface area (Å²) in [5.41, 5.74) is 1.49. The molecule has 2 aliphatic rings. The first-order valence-corrected chi connectivity index (χ1v) is 9.60. The van der Waals surface area contributed by atoms with Crippen LogP contribution in [0.25, 0.3) is 11.7 Å². The fourth-order valence-corrected chi connectivity index (χ4v) is 3.24. The molecular formula is C20H18FN7O3. The highest BCUT2D eigenvalue weighted by atomic mass is 19.1. The normalized spacial score (nSPS) is 17.0. The Morgan fingerprint density at radius 3 is 2.81 bits per heavy atom. The van der Waals surface area contributed by atoms with Gasteiger partial charge in [0.2, 0.25) is 0 Å². The first-order valence-electron chi connectivity index (χ1n) is 9.60. The molecule has 0 unspecified atom stereocenters. The highest BCUT2D eigenvalue weighted by Gasteiger charge is 2.25. The van der Waals surface area contributed by atoms with E-state index in [1.165, 1.54) is 31.4 Å². The molecule has 0 bridgehead atoms. The lowest BCUT2D eigenvalue weighted by Gasteiger charge is -2.13. The zero-order valence-electron chi connectivity index (χ0n) is 16.4. The summed E-state index contributed by atoms with van der Waals surface area (Å²) in [7, 11) is 1.50. The van der Waals surface area contributed by atoms with Crippen LogP contribution >= 0.6 is 0 Å². The second-order valence-corrected chi connectivity index (χ2v) is 7.22. The van der Waals surface area contributed by atoms with Crippen molar-refractivity contribution in [2.45, 2.75) is 18.9 Å². The molecule has 1 aliphatic heterocycles. The molecule has 0 spiro atoms. The number of hydrogen-bond donors (Lipinski definition) is 4. The van der Waals surface area contributed by atoms with Crippen LogP contribution in [-0.2, 0) is 4.79 Å². The third-order valence-corrected chi connectivity index (χ3v) is 4.87. The number of carbonyl (C=O) groups is 2. The molecule has 0 atom stereocenters. The van der Waals surface area contributed by atoms with Crippen LogP contribution in [0.15, 0.2) is 36.2 Å². The van der Waals surface area contributed by atoms with Gasteiger partial charge in [-0.1, -0.05) is 0 Å². The molecule has 2 fully saturated rings. The average Bonchev–Trinajstić information content (AvgIpc) is 3.37. The van der Waals surface area contributed by atoms with E-state index in [0.29, 0.717) is 40.3 Å². The van der Waals surface area contributed by atoms with Gasteiger partial charge in [-0.2, -0.15) is 9.61 Å². The number of nitrogens with one attached hydrogen (secondary N) is 4. The molecule has 11 heteroatoms. The quantitative estimate of drug-likeness (QED) is 0.355. The van der Waals surface area contributed by atoms with Crippen molar-refractivity contribution in [3.8, 4) is 5.75 Å². The number of anilines is 3. The fourth-order valence-electron chi connectivity index (χ4n) is 3.24. The number of fused-ring (bicyclic) bond motifs is 1. The Balaban J connectivity index is 1.59. The van der Waals surface area contributed by atoms with E-state index in [0.717, 1.165) is 12.8 Å². The lowest BCUT2D eigenvalue weighted by Crippen LogP contribution is -2.22. The van der Waals surface area contributed by atoms with Crippen LogP contribution in [0.2, 0.25) is 0 Å². The first kappa shape index (κ1) is 18.9. The summed E-state index contributed by atoms with van der Waals surface area (Å²) in [5.74, 6) is 0.633. The summed E-state index contributed by atoms with van der Waals surface area (Å²) in [4.78, 5) is 27.9. The average molecular weight is 423 g/mol. The molecule has 1 aliphatic carbocycles. The maximum Gasteiger partial charge on any atom is 0.326 e. The van der Waals surface area contributed by atoms with Crippen LogP contribution in [0, 0.1) is 5.82 Å². The smallest absolute Gasteiger partial charge is 0.326 e. The van der Waals surface area contributed by atoms with Crippen molar-refractivity contribution in [1.29, 1.82) is 0 Å². The lowest BCUT2D eigenvalue weighted by atomic mass is 10.2. The number of rotatable bonds is 6. The van der Waals surface area contributed by atoms with Crippen molar-refractivity contribution in [2.24, 2.45) is 0 Å². The standard InChI is InChI=1S/C20H18FN7O3/c1-31-15-5-2-11(21)7-13(15)24-16-8-17(23-12-3-4-12)28-18(26-16)10(9-22-28)6-14-19(29)27-20(30)25-14/h2,5-9,12,23H,3-4H2,1H3,(H,24,26)(H2,25,27,29,30)/b14-6-. The fraction of sp³-hybridized carbons (Fsp3) is 0.200. The minimum atomic E-state index is -0.586. The number of methoxy groups -OCH3 is 1. The van der Waals surface area contributed by atoms with Gasteiger partial charge in [0.05, 0.1) is 19.0 Å². The number of imide groups is 1. The number of halogens is 1. The zero-order chi connectivity index (χ0) is 21.5. The third-order valence-electron chi connectivity index (χ3n) is 4.87. The number of carbonyl (C=O) groups excluding carboxylic acids is 2. The summed E-state index contributed by atoms with van der Waals surface area (Å²) in [6.45, 7) is 0. The van der Waals surface area contributed by atoms with Crippen LogP contribution in [0.5, 0.6) is 5.75 Å². The second-order valence-electron chi connectivity index (χ2n) is 7.22. The monoisotopic (exact) mass is 423 g/mol. The van der Waals surface area contributed by atoms with Gasteiger partial charge in [0.1, 0.15) is 28.9 Å². The largest absolute Gasteiger partial charge is 0.495 e. The molecule has 5 rings (SSSR count). The Bertz CT molecular complexity index is 1250. The highest BCUT2D eigenvalue weighted by Crippen LogP contribution is 2.31. The maximum absolute atomic E-state index is 13.8. The second kappa shape index (κ2) is 7.27. The van der Waals surface area contributed by atoms with Gasteiger partial charge in [0, 0.05) is 23.7 Å². The first-order chi connectivity index (χ1) is 15.0. The van der Waals surface area contributed by atoms with Crippen LogP contribution in [0.4, 0.5) is 26.5 Å². The summed E-state index contributed by atoms with van der Waals surface area (Å²) < 4.78 is 20.7. The van der Waals surface area contributed by atoms with Gasteiger partial charge in [-0.3, -0.25) is 10.1 Å². The van der Waals surface area contributed by atoms with Crippen molar-refractivity contribution in [2.75, 3.05) is 17.7 Å². The molecule has 158 valence electrons. The topological polar surface area (TPSA) is 122 Å². The summed E-state index contributed by atoms with van der Waals surface area (Å²) in [6, 6.07) is 5.67. The lowest BCUT2D eigenvalue weighted by molar-refractivity contribution is -0.115. The van der Waals surface area contributed by atoms with Crippen LogP contribution < -0.4 is 26.0 Å². The summed E-state index contributed by atoms with van der Waals surface area (Å²) >= 11 is 0. The van der Waals surface area contributed by atoms with E-state index in [9.17, 15) is 14.0 Å². The predicted octanol–water partition coefficient (Wildman–Crippen LogP) is 2.38. The van der Waals surface area contributed by atoms with Crippen molar-refractivity contribution < 1.29 is 18.7 Å². The molecule has 3 amide bonds. The molecule has 31 heavy (non-hydrogen) atoms. The van der Waals surface area contributed by atoms with Gasteiger partial charge in [-0.05, 0) is 31.1 Å². The van der Waals surface area contributed by atoms with Gasteiger partial charge in [-0.25, -0.2) is 14.2 Å².